The highest BCUT2D eigenvalue weighted by Crippen LogP contribution is 2.39. The second kappa shape index (κ2) is 31.7. The van der Waals surface area contributed by atoms with Gasteiger partial charge in [-0.3, -0.25) is 33.7 Å². The standard InChI is InChI=1S/C71H83N13O6/c1-78(45-22-7-9-24-47-80(49-53-29-12-11-13-30-53)63(85)50-82-60-37-17-14-31-54(60)69(88)75-57-34-26-40-72-66(57)82)43-20-5-3-4-6-21-44-79(2)46-23-8-10-25-48-81(64(86)51-83-61-38-18-15-32-55(61)70(89)76-58-35-27-41-73-67(58)83)65(87)52-84-62-39-19-16-33-56(62)71(90)77-59-36-28-42-74-68(59)84/h11-19,26-42H,3-10,20-25,43-52H2,1-2H3,(H,75,88)(H,76,89)(H,77,90). The molecule has 0 saturated carbocycles. The normalized spacial score (nSPS) is 13.1. The Labute approximate surface area is 528 Å². The van der Waals surface area contributed by atoms with Gasteiger partial charge in [-0.1, -0.05) is 118 Å². The smallest absolute Gasteiger partial charge is 0.257 e. The molecule has 6 amide bonds. The van der Waals surface area contributed by atoms with Crippen LogP contribution in [-0.2, 0) is 20.9 Å². The molecule has 0 spiro atoms. The Balaban J connectivity index is 0.621. The fourth-order valence-corrected chi connectivity index (χ4v) is 12.1. The fraction of sp³-hybridized carbons (Fsp3) is 0.366. The van der Waals surface area contributed by atoms with Gasteiger partial charge in [-0.2, -0.15) is 0 Å². The zero-order valence-corrected chi connectivity index (χ0v) is 51.9. The van der Waals surface area contributed by atoms with Crippen LogP contribution in [0.2, 0.25) is 0 Å². The number of anilines is 9. The molecule has 6 heterocycles. The Kier molecular flexibility index (Phi) is 22.4. The van der Waals surface area contributed by atoms with Gasteiger partial charge < -0.3 is 45.3 Å². The third-order valence-electron chi connectivity index (χ3n) is 17.0. The summed E-state index contributed by atoms with van der Waals surface area (Å²) in [6.07, 6.45) is 19.7. The molecule has 0 bridgehead atoms. The van der Waals surface area contributed by atoms with Crippen LogP contribution in [0, 0.1) is 0 Å². The number of carbonyl (C=O) groups is 6. The monoisotopic (exact) mass is 1210 g/mol. The van der Waals surface area contributed by atoms with Crippen LogP contribution in [0.25, 0.3) is 0 Å². The van der Waals surface area contributed by atoms with E-state index in [1.165, 1.54) is 37.0 Å². The van der Waals surface area contributed by atoms with Crippen LogP contribution in [0.4, 0.5) is 51.6 Å². The van der Waals surface area contributed by atoms with E-state index in [2.05, 4.69) is 66.9 Å². The van der Waals surface area contributed by atoms with Crippen molar-refractivity contribution in [3.05, 3.63) is 180 Å². The van der Waals surface area contributed by atoms with Crippen LogP contribution in [0.1, 0.15) is 127 Å². The molecule has 7 aromatic rings. The summed E-state index contributed by atoms with van der Waals surface area (Å²) in [6, 6.07) is 42.2. The van der Waals surface area contributed by atoms with Crippen LogP contribution in [0.5, 0.6) is 0 Å². The van der Waals surface area contributed by atoms with Gasteiger partial charge in [-0.15, -0.1) is 0 Å². The number of rotatable bonds is 31. The molecule has 0 unspecified atom stereocenters. The maximum absolute atomic E-state index is 14.8. The molecule has 19 heteroatoms. The quantitative estimate of drug-likeness (QED) is 0.0347. The number of nitrogens with zero attached hydrogens (tertiary/aromatic N) is 10. The van der Waals surface area contributed by atoms with E-state index in [9.17, 15) is 28.8 Å². The van der Waals surface area contributed by atoms with E-state index in [0.717, 1.165) is 83.1 Å². The van der Waals surface area contributed by atoms with Crippen molar-refractivity contribution >= 4 is 87.0 Å². The van der Waals surface area contributed by atoms with Crippen molar-refractivity contribution in [1.82, 2.24) is 34.6 Å². The lowest BCUT2D eigenvalue weighted by atomic mass is 10.1. The molecule has 10 rings (SSSR count). The van der Waals surface area contributed by atoms with Gasteiger partial charge in [-0.05, 0) is 157 Å². The van der Waals surface area contributed by atoms with Crippen molar-refractivity contribution in [2.24, 2.45) is 0 Å². The Morgan fingerprint density at radius 1 is 0.367 bits per heavy atom. The Bertz CT molecular complexity index is 3480. The number of hydrogen-bond acceptors (Lipinski definition) is 14. The van der Waals surface area contributed by atoms with Gasteiger partial charge in [-0.25, -0.2) is 15.0 Å². The highest BCUT2D eigenvalue weighted by atomic mass is 16.2. The number of hydrogen-bond donors (Lipinski definition) is 3. The van der Waals surface area contributed by atoms with E-state index >= 15 is 0 Å². The van der Waals surface area contributed by atoms with Gasteiger partial charge in [0, 0.05) is 38.2 Å². The van der Waals surface area contributed by atoms with Gasteiger partial charge >= 0.3 is 0 Å². The molecule has 19 nitrogen and oxygen atoms in total. The number of imide groups is 1. The van der Waals surface area contributed by atoms with Crippen LogP contribution in [-0.4, -0.2) is 143 Å². The third kappa shape index (κ3) is 16.5. The fourth-order valence-electron chi connectivity index (χ4n) is 12.1. The molecular weight excluding hydrogens is 1130 g/mol. The number of aromatic nitrogens is 3. The summed E-state index contributed by atoms with van der Waals surface area (Å²) >= 11 is 0. The predicted octanol–water partition coefficient (Wildman–Crippen LogP) is 12.1. The zero-order chi connectivity index (χ0) is 62.6. The average molecular weight is 1210 g/mol. The number of pyridine rings is 3. The van der Waals surface area contributed by atoms with Gasteiger partial charge in [0.25, 0.3) is 17.7 Å². The summed E-state index contributed by atoms with van der Waals surface area (Å²) in [6.45, 7) is 5.06. The first-order chi connectivity index (χ1) is 44.0. The molecule has 0 radical (unpaired) electrons. The number of fused-ring (bicyclic) bond motifs is 6. The average Bonchev–Trinajstić information content (AvgIpc) is 1.76. The summed E-state index contributed by atoms with van der Waals surface area (Å²) in [4.78, 5) is 111. The molecule has 3 aliphatic rings. The number of unbranched alkanes of at least 4 members (excludes halogenated alkanes) is 11. The summed E-state index contributed by atoms with van der Waals surface area (Å²) in [5, 5.41) is 8.84. The van der Waals surface area contributed by atoms with Crippen molar-refractivity contribution in [1.29, 1.82) is 0 Å². The minimum atomic E-state index is -0.446. The van der Waals surface area contributed by atoms with Crippen molar-refractivity contribution in [3.8, 4) is 0 Å². The van der Waals surface area contributed by atoms with Gasteiger partial charge in [0.15, 0.2) is 17.5 Å². The van der Waals surface area contributed by atoms with E-state index in [1.807, 2.05) is 52.3 Å². The van der Waals surface area contributed by atoms with Crippen LogP contribution >= 0.6 is 0 Å². The van der Waals surface area contributed by atoms with E-state index in [4.69, 9.17) is 0 Å². The van der Waals surface area contributed by atoms with Crippen molar-refractivity contribution in [2.45, 2.75) is 96.4 Å². The van der Waals surface area contributed by atoms with E-state index in [1.54, 1.807) is 113 Å². The number of amides is 6. The van der Waals surface area contributed by atoms with Crippen molar-refractivity contribution < 1.29 is 28.8 Å². The zero-order valence-electron chi connectivity index (χ0n) is 51.9. The topological polar surface area (TPSA) is 200 Å². The third-order valence-corrected chi connectivity index (χ3v) is 17.0. The molecule has 3 aliphatic heterocycles. The Morgan fingerprint density at radius 2 is 0.689 bits per heavy atom. The molecule has 0 aliphatic carbocycles. The Morgan fingerprint density at radius 3 is 1.08 bits per heavy atom. The highest BCUT2D eigenvalue weighted by molar-refractivity contribution is 6.15. The second-order valence-corrected chi connectivity index (χ2v) is 23.6. The Hall–Kier alpha value is -9.33. The van der Waals surface area contributed by atoms with E-state index in [0.29, 0.717) is 87.8 Å². The van der Waals surface area contributed by atoms with Gasteiger partial charge in [0.2, 0.25) is 17.7 Å². The molecule has 90 heavy (non-hydrogen) atoms. The van der Waals surface area contributed by atoms with Crippen LogP contribution < -0.4 is 30.7 Å². The maximum atomic E-state index is 14.8. The first-order valence-corrected chi connectivity index (χ1v) is 31.9. The van der Waals surface area contributed by atoms with Crippen molar-refractivity contribution in [2.75, 3.05) is 104 Å². The van der Waals surface area contributed by atoms with E-state index < -0.39 is 11.8 Å². The lowest BCUT2D eigenvalue weighted by Crippen LogP contribution is -2.47. The molecule has 0 fully saturated rings. The summed E-state index contributed by atoms with van der Waals surface area (Å²) in [5.74, 6) is -0.416. The predicted molar refractivity (Wildman–Crippen MR) is 355 cm³/mol. The van der Waals surface area contributed by atoms with Crippen LogP contribution in [0.3, 0.4) is 0 Å². The largest absolute Gasteiger partial charge is 0.337 e. The minimum Gasteiger partial charge on any atom is -0.337 e. The highest BCUT2D eigenvalue weighted by Gasteiger charge is 2.34. The van der Waals surface area contributed by atoms with Gasteiger partial charge in [0.05, 0.1) is 50.8 Å². The number of benzene rings is 4. The summed E-state index contributed by atoms with van der Waals surface area (Å²) in [7, 11) is 4.41. The molecule has 0 atom stereocenters. The number of nitrogens with one attached hydrogen (secondary N) is 3. The SMILES string of the molecule is CN(CCCCCCCCN(C)CCCCCCN(C(=O)CN1c2ccccc2C(=O)Nc2cccnc21)C(=O)CN1c2ccccc2C(=O)Nc2cccnc21)CCCCCCN(Cc1ccccc1)C(=O)CN1c2ccccc2C(=O)Nc2cccnc21. The molecule has 468 valence electrons. The lowest BCUT2D eigenvalue weighted by molar-refractivity contribution is -0.143. The number of para-hydroxylation sites is 3. The maximum Gasteiger partial charge on any atom is 0.257 e. The minimum absolute atomic E-state index is 0.0166. The van der Waals surface area contributed by atoms with E-state index in [-0.39, 0.29) is 49.8 Å². The second-order valence-electron chi connectivity index (χ2n) is 23.6. The van der Waals surface area contributed by atoms with Gasteiger partial charge in [0.1, 0.15) is 19.6 Å². The first kappa shape index (κ1) is 63.7. The molecular formula is C71H83N13O6. The molecule has 0 saturated heterocycles. The molecule has 3 N–H and O–H groups in total. The lowest BCUT2D eigenvalue weighted by Gasteiger charge is -2.30. The number of carbonyl (C=O) groups excluding carboxylic acids is 6. The van der Waals surface area contributed by atoms with Crippen LogP contribution in [0.15, 0.2) is 158 Å². The summed E-state index contributed by atoms with van der Waals surface area (Å²) in [5.41, 5.74) is 5.51. The molecule has 4 aromatic carbocycles. The summed E-state index contributed by atoms with van der Waals surface area (Å²) < 4.78 is 0. The molecule has 3 aromatic heterocycles. The first-order valence-electron chi connectivity index (χ1n) is 31.9. The van der Waals surface area contributed by atoms with Crippen molar-refractivity contribution in [3.63, 3.8) is 0 Å².